The molecule has 0 aliphatic carbocycles. The molecule has 7 heteroatoms. The van der Waals surface area contributed by atoms with E-state index in [9.17, 15) is 14.4 Å². The molecular formula is C19H27N3O4. The van der Waals surface area contributed by atoms with Gasteiger partial charge in [-0.15, -0.1) is 0 Å². The monoisotopic (exact) mass is 361 g/mol. The van der Waals surface area contributed by atoms with E-state index in [1.807, 2.05) is 13.8 Å². The average Bonchev–Trinajstić information content (AvgIpc) is 2.62. The van der Waals surface area contributed by atoms with Crippen molar-refractivity contribution < 1.29 is 19.1 Å². The van der Waals surface area contributed by atoms with Crippen LogP contribution in [0.3, 0.4) is 0 Å². The Hall–Kier alpha value is -2.57. The fourth-order valence-electron chi connectivity index (χ4n) is 3.04. The Kier molecular flexibility index (Phi) is 7.00. The Bertz CT molecular complexity index is 650. The predicted octanol–water partition coefficient (Wildman–Crippen LogP) is 2.27. The molecule has 26 heavy (non-hydrogen) atoms. The first-order valence-electron chi connectivity index (χ1n) is 9.07. The van der Waals surface area contributed by atoms with Crippen molar-refractivity contribution in [2.24, 2.45) is 0 Å². The fourth-order valence-corrected chi connectivity index (χ4v) is 3.04. The van der Waals surface area contributed by atoms with E-state index in [4.69, 9.17) is 4.74 Å². The highest BCUT2D eigenvalue weighted by Crippen LogP contribution is 2.18. The molecule has 1 heterocycles. The maximum atomic E-state index is 12.7. The number of hydrogen-bond acceptors (Lipinski definition) is 4. The summed E-state index contributed by atoms with van der Waals surface area (Å²) in [5.41, 5.74) is 0.495. The molecule has 0 saturated carbocycles. The summed E-state index contributed by atoms with van der Waals surface area (Å²) in [6, 6.07) is 6.67. The average molecular weight is 361 g/mol. The lowest BCUT2D eigenvalue weighted by atomic mass is 10.0. The van der Waals surface area contributed by atoms with Crippen molar-refractivity contribution in [1.82, 2.24) is 15.1 Å². The zero-order valence-corrected chi connectivity index (χ0v) is 15.7. The Labute approximate surface area is 154 Å². The summed E-state index contributed by atoms with van der Waals surface area (Å²) in [4.78, 5) is 39.4. The first-order valence-corrected chi connectivity index (χ1v) is 9.07. The Morgan fingerprint density at radius 3 is 2.42 bits per heavy atom. The van der Waals surface area contributed by atoms with Crippen LogP contribution >= 0.6 is 0 Å². The zero-order chi connectivity index (χ0) is 19.1. The number of hydrogen-bond donors (Lipinski definition) is 1. The minimum absolute atomic E-state index is 0.0474. The number of nitrogens with one attached hydrogen (secondary N) is 1. The van der Waals surface area contributed by atoms with Crippen molar-refractivity contribution in [2.45, 2.75) is 39.7 Å². The first kappa shape index (κ1) is 19.8. The molecule has 0 spiro atoms. The van der Waals surface area contributed by atoms with Crippen molar-refractivity contribution in [3.8, 4) is 5.75 Å². The minimum atomic E-state index is -0.417. The van der Waals surface area contributed by atoms with E-state index in [1.54, 1.807) is 34.1 Å². The summed E-state index contributed by atoms with van der Waals surface area (Å²) in [5.74, 6) is -0.142. The van der Waals surface area contributed by atoms with Crippen LogP contribution in [0, 0.1) is 0 Å². The van der Waals surface area contributed by atoms with Crippen LogP contribution in [0.15, 0.2) is 24.3 Å². The van der Waals surface area contributed by atoms with Gasteiger partial charge in [0.25, 0.3) is 5.91 Å². The molecule has 7 nitrogen and oxygen atoms in total. The van der Waals surface area contributed by atoms with Gasteiger partial charge in [-0.05, 0) is 44.9 Å². The van der Waals surface area contributed by atoms with Crippen LogP contribution in [-0.4, -0.2) is 59.9 Å². The van der Waals surface area contributed by atoms with Gasteiger partial charge in [0.1, 0.15) is 5.75 Å². The summed E-state index contributed by atoms with van der Waals surface area (Å²) in [5, 5.41) is 3.04. The largest absolute Gasteiger partial charge is 0.427 e. The van der Waals surface area contributed by atoms with Crippen LogP contribution < -0.4 is 10.1 Å². The van der Waals surface area contributed by atoms with Gasteiger partial charge in [-0.2, -0.15) is 0 Å². The van der Waals surface area contributed by atoms with Gasteiger partial charge in [0.05, 0.1) is 0 Å². The van der Waals surface area contributed by atoms with Crippen molar-refractivity contribution in [3.05, 3.63) is 29.8 Å². The Morgan fingerprint density at radius 2 is 1.85 bits per heavy atom. The maximum absolute atomic E-state index is 12.7. The van der Waals surface area contributed by atoms with E-state index >= 15 is 0 Å². The second-order valence-corrected chi connectivity index (χ2v) is 6.31. The fraction of sp³-hybridized carbons (Fsp3) is 0.526. The quantitative estimate of drug-likeness (QED) is 0.644. The molecule has 1 N–H and O–H groups in total. The molecule has 142 valence electrons. The SMILES string of the molecule is CCN(CC)C(=O)NC1CCN(C(=O)c2cccc(OC(C)=O)c2)CC1. The molecule has 0 bridgehead atoms. The van der Waals surface area contributed by atoms with E-state index in [0.29, 0.717) is 37.5 Å². The second kappa shape index (κ2) is 9.22. The third-order valence-electron chi connectivity index (χ3n) is 4.50. The number of rotatable bonds is 5. The summed E-state index contributed by atoms with van der Waals surface area (Å²) in [6.07, 6.45) is 1.45. The summed E-state index contributed by atoms with van der Waals surface area (Å²) in [6.45, 7) is 7.75. The number of ether oxygens (including phenoxy) is 1. The van der Waals surface area contributed by atoms with Crippen molar-refractivity contribution >= 4 is 17.9 Å². The minimum Gasteiger partial charge on any atom is -0.427 e. The standard InChI is InChI=1S/C19H27N3O4/c1-4-21(5-2)19(25)20-16-9-11-22(12-10-16)18(24)15-7-6-8-17(13-15)26-14(3)23/h6-8,13,16H,4-5,9-12H2,1-3H3,(H,20,25). The second-order valence-electron chi connectivity index (χ2n) is 6.31. The van der Waals surface area contributed by atoms with E-state index < -0.39 is 5.97 Å². The molecule has 1 aliphatic rings. The van der Waals surface area contributed by atoms with E-state index in [0.717, 1.165) is 12.8 Å². The molecule has 1 saturated heterocycles. The number of carbonyl (C=O) groups excluding carboxylic acids is 3. The first-order chi connectivity index (χ1) is 12.4. The highest BCUT2D eigenvalue weighted by Gasteiger charge is 2.25. The van der Waals surface area contributed by atoms with Crippen molar-refractivity contribution in [2.75, 3.05) is 26.2 Å². The molecular weight excluding hydrogens is 334 g/mol. The number of benzene rings is 1. The van der Waals surface area contributed by atoms with Gasteiger partial charge in [0.2, 0.25) is 0 Å². The normalized spacial score (nSPS) is 14.7. The van der Waals surface area contributed by atoms with Gasteiger partial charge in [0.15, 0.2) is 0 Å². The molecule has 1 aliphatic heterocycles. The number of carbonyl (C=O) groups is 3. The molecule has 3 amide bonds. The lowest BCUT2D eigenvalue weighted by Gasteiger charge is -2.33. The Balaban J connectivity index is 1.90. The third kappa shape index (κ3) is 5.21. The zero-order valence-electron chi connectivity index (χ0n) is 15.7. The van der Waals surface area contributed by atoms with Gasteiger partial charge in [-0.25, -0.2) is 4.79 Å². The number of urea groups is 1. The van der Waals surface area contributed by atoms with Gasteiger partial charge >= 0.3 is 12.0 Å². The van der Waals surface area contributed by atoms with Gasteiger partial charge in [-0.3, -0.25) is 9.59 Å². The molecule has 0 atom stereocenters. The van der Waals surface area contributed by atoms with E-state index in [1.165, 1.54) is 6.92 Å². The molecule has 2 rings (SSSR count). The van der Waals surface area contributed by atoms with Gasteiger partial charge < -0.3 is 19.9 Å². The number of piperidine rings is 1. The number of nitrogens with zero attached hydrogens (tertiary/aromatic N) is 2. The predicted molar refractivity (Wildman–Crippen MR) is 98.1 cm³/mol. The van der Waals surface area contributed by atoms with Crippen LogP contribution in [0.1, 0.15) is 44.0 Å². The molecule has 1 aromatic rings. The maximum Gasteiger partial charge on any atom is 0.317 e. The Morgan fingerprint density at radius 1 is 1.19 bits per heavy atom. The van der Waals surface area contributed by atoms with Crippen LogP contribution in [0.2, 0.25) is 0 Å². The van der Waals surface area contributed by atoms with Gasteiger partial charge in [-0.1, -0.05) is 6.07 Å². The number of amides is 3. The summed E-state index contributed by atoms with van der Waals surface area (Å²) in [7, 11) is 0. The van der Waals surface area contributed by atoms with Crippen LogP contribution in [-0.2, 0) is 4.79 Å². The van der Waals surface area contributed by atoms with Crippen LogP contribution in [0.4, 0.5) is 4.79 Å². The highest BCUT2D eigenvalue weighted by atomic mass is 16.5. The molecule has 0 radical (unpaired) electrons. The highest BCUT2D eigenvalue weighted by molar-refractivity contribution is 5.94. The molecule has 0 aromatic heterocycles. The van der Waals surface area contributed by atoms with Gasteiger partial charge in [0, 0.05) is 44.7 Å². The lowest BCUT2D eigenvalue weighted by molar-refractivity contribution is -0.131. The smallest absolute Gasteiger partial charge is 0.317 e. The number of esters is 1. The van der Waals surface area contributed by atoms with Crippen molar-refractivity contribution in [3.63, 3.8) is 0 Å². The molecule has 1 fully saturated rings. The lowest BCUT2D eigenvalue weighted by Crippen LogP contribution is -2.50. The van der Waals surface area contributed by atoms with Crippen LogP contribution in [0.25, 0.3) is 0 Å². The third-order valence-corrected chi connectivity index (χ3v) is 4.50. The topological polar surface area (TPSA) is 79.0 Å². The molecule has 1 aromatic carbocycles. The molecule has 0 unspecified atom stereocenters. The van der Waals surface area contributed by atoms with Crippen LogP contribution in [0.5, 0.6) is 5.75 Å². The summed E-state index contributed by atoms with van der Waals surface area (Å²) >= 11 is 0. The summed E-state index contributed by atoms with van der Waals surface area (Å²) < 4.78 is 5.04. The van der Waals surface area contributed by atoms with E-state index in [2.05, 4.69) is 5.32 Å². The number of likely N-dealkylation sites (tertiary alicyclic amines) is 1. The van der Waals surface area contributed by atoms with Crippen molar-refractivity contribution in [1.29, 1.82) is 0 Å². The van der Waals surface area contributed by atoms with E-state index in [-0.39, 0.29) is 18.0 Å².